The number of para-hydroxylation sites is 1. The molecule has 3 rings (SSSR count). The minimum absolute atomic E-state index is 0. The van der Waals surface area contributed by atoms with Gasteiger partial charge < -0.3 is 15.1 Å². The van der Waals surface area contributed by atoms with Gasteiger partial charge in [0.15, 0.2) is 14.6 Å². The molecule has 1 unspecified atom stereocenters. The summed E-state index contributed by atoms with van der Waals surface area (Å²) in [5, 5.41) is 6.99. The summed E-state index contributed by atoms with van der Waals surface area (Å²) in [7, 11) is -3.53. The summed E-state index contributed by atoms with van der Waals surface area (Å²) >= 11 is 0. The fraction of sp³-hybridized carbons (Fsp3) is 0.500. The predicted molar refractivity (Wildman–Crippen MR) is 104 cm³/mol. The molecule has 0 saturated carbocycles. The lowest BCUT2D eigenvalue weighted by Crippen LogP contribution is -2.57. The molecule has 1 fully saturated rings. The average molecular weight is 401 g/mol. The summed E-state index contributed by atoms with van der Waals surface area (Å²) in [6.45, 7) is 4.79. The van der Waals surface area contributed by atoms with Crippen molar-refractivity contribution in [3.63, 3.8) is 0 Å². The molecule has 1 aliphatic heterocycles. The Balaban J connectivity index is 0.00000243. The van der Waals surface area contributed by atoms with E-state index in [0.29, 0.717) is 18.8 Å². The molecule has 1 amide bonds. The van der Waals surface area contributed by atoms with Crippen LogP contribution in [-0.4, -0.2) is 38.4 Å². The molecule has 1 atom stereocenters. The van der Waals surface area contributed by atoms with E-state index in [2.05, 4.69) is 10.6 Å². The predicted octanol–water partition coefficient (Wildman–Crippen LogP) is 2.51. The number of piperidine rings is 1. The minimum atomic E-state index is -3.53. The van der Waals surface area contributed by atoms with Crippen molar-refractivity contribution in [2.45, 2.75) is 37.5 Å². The SMILES string of the molecule is Cc1c(C(C)NC(=O)C2(S(C)(=O)=O)CCNCC2)oc2ccccc12.Cl. The van der Waals surface area contributed by atoms with E-state index in [1.165, 1.54) is 0 Å². The molecule has 8 heteroatoms. The van der Waals surface area contributed by atoms with Crippen LogP contribution in [0.2, 0.25) is 0 Å². The van der Waals surface area contributed by atoms with Crippen molar-refractivity contribution in [2.75, 3.05) is 19.3 Å². The van der Waals surface area contributed by atoms with Crippen molar-refractivity contribution in [3.05, 3.63) is 35.6 Å². The lowest BCUT2D eigenvalue weighted by atomic mass is 9.95. The number of hydrogen-bond donors (Lipinski definition) is 2. The molecular formula is C18H25ClN2O4S. The second kappa shape index (κ2) is 7.58. The smallest absolute Gasteiger partial charge is 0.242 e. The van der Waals surface area contributed by atoms with Crippen LogP contribution in [0.15, 0.2) is 28.7 Å². The molecule has 144 valence electrons. The normalized spacial score (nSPS) is 18.1. The Hall–Kier alpha value is -1.57. The monoisotopic (exact) mass is 400 g/mol. The molecule has 2 heterocycles. The molecule has 1 aromatic heterocycles. The van der Waals surface area contributed by atoms with Crippen LogP contribution >= 0.6 is 12.4 Å². The van der Waals surface area contributed by atoms with Gasteiger partial charge in [0.2, 0.25) is 5.91 Å². The highest BCUT2D eigenvalue weighted by atomic mass is 35.5. The zero-order valence-corrected chi connectivity index (χ0v) is 16.8. The molecule has 2 N–H and O–H groups in total. The summed E-state index contributed by atoms with van der Waals surface area (Å²) in [5.41, 5.74) is 1.72. The maximum absolute atomic E-state index is 12.9. The number of fused-ring (bicyclic) bond motifs is 1. The van der Waals surface area contributed by atoms with Gasteiger partial charge in [-0.1, -0.05) is 18.2 Å². The maximum Gasteiger partial charge on any atom is 0.242 e. The zero-order chi connectivity index (χ0) is 18.2. The van der Waals surface area contributed by atoms with E-state index in [-0.39, 0.29) is 25.2 Å². The van der Waals surface area contributed by atoms with E-state index < -0.39 is 26.5 Å². The van der Waals surface area contributed by atoms with E-state index in [1.807, 2.05) is 38.1 Å². The van der Waals surface area contributed by atoms with Gasteiger partial charge >= 0.3 is 0 Å². The van der Waals surface area contributed by atoms with Gasteiger partial charge in [0.1, 0.15) is 11.3 Å². The van der Waals surface area contributed by atoms with Gasteiger partial charge in [-0.15, -0.1) is 12.4 Å². The first-order chi connectivity index (χ1) is 11.8. The Labute approximate surface area is 160 Å². The number of rotatable bonds is 4. The van der Waals surface area contributed by atoms with Gasteiger partial charge in [-0.3, -0.25) is 4.79 Å². The van der Waals surface area contributed by atoms with Crippen LogP contribution < -0.4 is 10.6 Å². The molecule has 0 bridgehead atoms. The van der Waals surface area contributed by atoms with Crippen molar-refractivity contribution in [3.8, 4) is 0 Å². The van der Waals surface area contributed by atoms with Crippen LogP contribution in [0.3, 0.4) is 0 Å². The highest BCUT2D eigenvalue weighted by Crippen LogP contribution is 2.32. The molecule has 0 aliphatic carbocycles. The van der Waals surface area contributed by atoms with Crippen molar-refractivity contribution >= 4 is 39.1 Å². The average Bonchev–Trinajstić information content (AvgIpc) is 2.92. The van der Waals surface area contributed by atoms with Crippen LogP contribution in [0.5, 0.6) is 0 Å². The van der Waals surface area contributed by atoms with Crippen molar-refractivity contribution < 1.29 is 17.6 Å². The Morgan fingerprint density at radius 1 is 1.27 bits per heavy atom. The van der Waals surface area contributed by atoms with Crippen molar-refractivity contribution in [1.29, 1.82) is 0 Å². The van der Waals surface area contributed by atoms with Gasteiger partial charge in [0, 0.05) is 17.2 Å². The first-order valence-corrected chi connectivity index (χ1v) is 10.3. The number of hydrogen-bond acceptors (Lipinski definition) is 5. The Morgan fingerprint density at radius 3 is 2.46 bits per heavy atom. The first kappa shape index (κ1) is 20.7. The largest absolute Gasteiger partial charge is 0.459 e. The van der Waals surface area contributed by atoms with E-state index in [0.717, 1.165) is 22.8 Å². The number of carbonyl (C=O) groups excluding carboxylic acids is 1. The second-order valence-electron chi connectivity index (χ2n) is 6.80. The number of benzene rings is 1. The van der Waals surface area contributed by atoms with Crippen molar-refractivity contribution in [1.82, 2.24) is 10.6 Å². The number of aryl methyl sites for hydroxylation is 1. The Morgan fingerprint density at radius 2 is 1.88 bits per heavy atom. The number of furan rings is 1. The molecular weight excluding hydrogens is 376 g/mol. The van der Waals surface area contributed by atoms with Gasteiger partial charge in [-0.05, 0) is 45.8 Å². The third-order valence-electron chi connectivity index (χ3n) is 5.16. The molecule has 1 aliphatic rings. The Kier molecular flexibility index (Phi) is 6.05. The standard InChI is InChI=1S/C18H24N2O4S.ClH/c1-12-14-6-4-5-7-15(14)24-16(12)13(2)20-17(21)18(25(3,22)23)8-10-19-11-9-18;/h4-7,13,19H,8-11H2,1-3H3,(H,20,21);1H. The van der Waals surface area contributed by atoms with Gasteiger partial charge in [0.05, 0.1) is 6.04 Å². The number of amides is 1. The minimum Gasteiger partial charge on any atom is -0.459 e. The van der Waals surface area contributed by atoms with Gasteiger partial charge in [-0.2, -0.15) is 0 Å². The Bertz CT molecular complexity index is 901. The molecule has 2 aromatic rings. The lowest BCUT2D eigenvalue weighted by molar-refractivity contribution is -0.125. The van der Waals surface area contributed by atoms with Crippen LogP contribution in [0, 0.1) is 6.92 Å². The third-order valence-corrected chi connectivity index (χ3v) is 7.17. The molecule has 26 heavy (non-hydrogen) atoms. The van der Waals surface area contributed by atoms with E-state index >= 15 is 0 Å². The lowest BCUT2D eigenvalue weighted by Gasteiger charge is -2.35. The maximum atomic E-state index is 12.9. The summed E-state index contributed by atoms with van der Waals surface area (Å²) in [5.74, 6) is 0.219. The molecule has 6 nitrogen and oxygen atoms in total. The zero-order valence-electron chi connectivity index (χ0n) is 15.2. The van der Waals surface area contributed by atoms with E-state index in [1.54, 1.807) is 0 Å². The quantitative estimate of drug-likeness (QED) is 0.823. The number of carbonyl (C=O) groups is 1. The molecule has 1 saturated heterocycles. The van der Waals surface area contributed by atoms with Crippen LogP contribution in [0.4, 0.5) is 0 Å². The summed E-state index contributed by atoms with van der Waals surface area (Å²) in [6, 6.07) is 7.27. The number of halogens is 1. The summed E-state index contributed by atoms with van der Waals surface area (Å²) < 4.78 is 29.2. The third kappa shape index (κ3) is 3.48. The topological polar surface area (TPSA) is 88.4 Å². The van der Waals surface area contributed by atoms with Crippen LogP contribution in [-0.2, 0) is 14.6 Å². The number of nitrogens with one attached hydrogen (secondary N) is 2. The second-order valence-corrected chi connectivity index (χ2v) is 9.12. The molecule has 0 spiro atoms. The molecule has 1 aromatic carbocycles. The molecule has 0 radical (unpaired) electrons. The van der Waals surface area contributed by atoms with Gasteiger partial charge in [-0.25, -0.2) is 8.42 Å². The summed E-state index contributed by atoms with van der Waals surface area (Å²) in [4.78, 5) is 12.9. The summed E-state index contributed by atoms with van der Waals surface area (Å²) in [6.07, 6.45) is 1.71. The highest BCUT2D eigenvalue weighted by Gasteiger charge is 2.49. The fourth-order valence-corrected chi connectivity index (χ4v) is 4.94. The van der Waals surface area contributed by atoms with E-state index in [9.17, 15) is 13.2 Å². The highest BCUT2D eigenvalue weighted by molar-refractivity contribution is 7.92. The van der Waals surface area contributed by atoms with Gasteiger partial charge in [0.25, 0.3) is 0 Å². The van der Waals surface area contributed by atoms with Crippen molar-refractivity contribution in [2.24, 2.45) is 0 Å². The van der Waals surface area contributed by atoms with Crippen LogP contribution in [0.1, 0.15) is 37.1 Å². The van der Waals surface area contributed by atoms with Crippen LogP contribution in [0.25, 0.3) is 11.0 Å². The first-order valence-electron chi connectivity index (χ1n) is 8.45. The fourth-order valence-electron chi connectivity index (χ4n) is 3.60. The number of sulfone groups is 1. The van der Waals surface area contributed by atoms with E-state index in [4.69, 9.17) is 4.42 Å².